The fraction of sp³-hybridized carbons (Fsp3) is 0.429. The Balaban J connectivity index is 2.73. The Morgan fingerprint density at radius 3 is 2.35 bits per heavy atom. The number of benzene rings is 1. The van der Waals surface area contributed by atoms with Gasteiger partial charge in [-0.25, -0.2) is 9.59 Å². The molecule has 1 unspecified atom stereocenters. The third-order valence-electron chi connectivity index (χ3n) is 3.26. The van der Waals surface area contributed by atoms with Crippen LogP contribution in [0.4, 0.5) is 4.79 Å². The summed E-state index contributed by atoms with van der Waals surface area (Å²) >= 11 is 5.82. The van der Waals surface area contributed by atoms with Gasteiger partial charge >= 0.3 is 12.0 Å². The molecular formula is C14H19ClN2O3. The summed E-state index contributed by atoms with van der Waals surface area (Å²) in [5, 5.41) is 12.1. The minimum absolute atomic E-state index is 0.182. The van der Waals surface area contributed by atoms with Crippen LogP contribution in [0.3, 0.4) is 0 Å². The first-order valence-electron chi connectivity index (χ1n) is 6.38. The van der Waals surface area contributed by atoms with Crippen LogP contribution in [-0.4, -0.2) is 35.1 Å². The number of aliphatic carboxylic acids is 1. The molecule has 2 atom stereocenters. The van der Waals surface area contributed by atoms with Crippen LogP contribution in [0.1, 0.15) is 31.9 Å². The number of carbonyl (C=O) groups excluding carboxylic acids is 1. The second kappa shape index (κ2) is 7.14. The normalized spacial score (nSPS) is 13.4. The smallest absolute Gasteiger partial charge is 0.326 e. The van der Waals surface area contributed by atoms with Crippen LogP contribution in [0.5, 0.6) is 0 Å². The Bertz CT molecular complexity index is 476. The molecule has 0 aliphatic rings. The lowest BCUT2D eigenvalue weighted by Gasteiger charge is -2.27. The highest BCUT2D eigenvalue weighted by Gasteiger charge is 2.22. The average Bonchev–Trinajstić information content (AvgIpc) is 2.43. The van der Waals surface area contributed by atoms with Crippen molar-refractivity contribution in [3.8, 4) is 0 Å². The van der Waals surface area contributed by atoms with Crippen molar-refractivity contribution in [2.75, 3.05) is 7.05 Å². The fourth-order valence-electron chi connectivity index (χ4n) is 1.73. The van der Waals surface area contributed by atoms with Crippen molar-refractivity contribution in [1.29, 1.82) is 0 Å². The molecule has 110 valence electrons. The number of urea groups is 1. The van der Waals surface area contributed by atoms with Crippen LogP contribution in [0.15, 0.2) is 24.3 Å². The SMILES string of the molecule is CC[C@@H](NC(=O)N(C)C(C)c1ccc(Cl)cc1)C(=O)O. The van der Waals surface area contributed by atoms with Crippen molar-refractivity contribution in [3.63, 3.8) is 0 Å². The van der Waals surface area contributed by atoms with E-state index in [4.69, 9.17) is 16.7 Å². The molecule has 1 rings (SSSR count). The van der Waals surface area contributed by atoms with Crippen LogP contribution in [0, 0.1) is 0 Å². The van der Waals surface area contributed by atoms with Crippen LogP contribution in [-0.2, 0) is 4.79 Å². The van der Waals surface area contributed by atoms with Crippen molar-refractivity contribution < 1.29 is 14.7 Å². The maximum atomic E-state index is 12.0. The molecule has 6 heteroatoms. The monoisotopic (exact) mass is 298 g/mol. The molecule has 5 nitrogen and oxygen atoms in total. The van der Waals surface area contributed by atoms with E-state index in [9.17, 15) is 9.59 Å². The average molecular weight is 299 g/mol. The lowest BCUT2D eigenvalue weighted by molar-refractivity contribution is -0.139. The van der Waals surface area contributed by atoms with Gasteiger partial charge in [0.25, 0.3) is 0 Å². The van der Waals surface area contributed by atoms with E-state index in [1.807, 2.05) is 19.1 Å². The highest BCUT2D eigenvalue weighted by atomic mass is 35.5. The van der Waals surface area contributed by atoms with E-state index in [1.54, 1.807) is 26.1 Å². The van der Waals surface area contributed by atoms with Crippen molar-refractivity contribution >= 4 is 23.6 Å². The van der Waals surface area contributed by atoms with Gasteiger partial charge in [-0.3, -0.25) is 0 Å². The molecule has 0 heterocycles. The fourth-order valence-corrected chi connectivity index (χ4v) is 1.86. The molecule has 2 amide bonds. The van der Waals surface area contributed by atoms with E-state index >= 15 is 0 Å². The van der Waals surface area contributed by atoms with Gasteiger partial charge in [0.2, 0.25) is 0 Å². The van der Waals surface area contributed by atoms with Gasteiger partial charge in [0.1, 0.15) is 6.04 Å². The predicted octanol–water partition coefficient (Wildman–Crippen LogP) is 2.91. The van der Waals surface area contributed by atoms with Crippen LogP contribution in [0.25, 0.3) is 0 Å². The zero-order valence-corrected chi connectivity index (χ0v) is 12.5. The minimum atomic E-state index is -1.03. The first-order chi connectivity index (χ1) is 9.36. The summed E-state index contributed by atoms with van der Waals surface area (Å²) in [5.41, 5.74) is 0.926. The molecule has 0 aromatic heterocycles. The van der Waals surface area contributed by atoms with Gasteiger partial charge in [-0.2, -0.15) is 0 Å². The number of carboxylic acid groups (broad SMARTS) is 1. The lowest BCUT2D eigenvalue weighted by Crippen LogP contribution is -2.47. The number of carbonyl (C=O) groups is 2. The van der Waals surface area contributed by atoms with Gasteiger partial charge in [-0.15, -0.1) is 0 Å². The molecule has 0 bridgehead atoms. The first kappa shape index (κ1) is 16.3. The molecule has 1 aromatic rings. The Hall–Kier alpha value is -1.75. The summed E-state index contributed by atoms with van der Waals surface area (Å²) in [6, 6.07) is 5.72. The standard InChI is InChI=1S/C14H19ClN2O3/c1-4-12(13(18)19)16-14(20)17(3)9(2)10-5-7-11(15)8-6-10/h5-9,12H,4H2,1-3H3,(H,16,20)(H,18,19)/t9?,12-/m1/s1. The summed E-state index contributed by atoms with van der Waals surface area (Å²) in [4.78, 5) is 24.4. The molecule has 0 fully saturated rings. The number of rotatable bonds is 5. The van der Waals surface area contributed by atoms with Gasteiger partial charge in [0.15, 0.2) is 0 Å². The summed E-state index contributed by atoms with van der Waals surface area (Å²) in [6.07, 6.45) is 0.338. The highest BCUT2D eigenvalue weighted by molar-refractivity contribution is 6.30. The van der Waals surface area contributed by atoms with E-state index in [0.29, 0.717) is 11.4 Å². The van der Waals surface area contributed by atoms with Crippen LogP contribution < -0.4 is 5.32 Å². The number of nitrogens with zero attached hydrogens (tertiary/aromatic N) is 1. The maximum Gasteiger partial charge on any atom is 0.326 e. The Labute approximate surface area is 123 Å². The number of hydrogen-bond acceptors (Lipinski definition) is 2. The number of hydrogen-bond donors (Lipinski definition) is 2. The zero-order chi connectivity index (χ0) is 15.3. The second-order valence-electron chi connectivity index (χ2n) is 4.59. The second-order valence-corrected chi connectivity index (χ2v) is 5.02. The van der Waals surface area contributed by atoms with Crippen molar-refractivity contribution in [3.05, 3.63) is 34.9 Å². The maximum absolute atomic E-state index is 12.0. The first-order valence-corrected chi connectivity index (χ1v) is 6.76. The number of nitrogens with one attached hydrogen (secondary N) is 1. The number of amides is 2. The quantitative estimate of drug-likeness (QED) is 0.878. The summed E-state index contributed by atoms with van der Waals surface area (Å²) < 4.78 is 0. The van der Waals surface area contributed by atoms with Crippen LogP contribution >= 0.6 is 11.6 Å². The Morgan fingerprint density at radius 2 is 1.90 bits per heavy atom. The molecule has 1 aromatic carbocycles. The van der Waals surface area contributed by atoms with E-state index < -0.39 is 18.0 Å². The van der Waals surface area contributed by atoms with Crippen molar-refractivity contribution in [1.82, 2.24) is 10.2 Å². The molecule has 0 aliphatic carbocycles. The molecule has 0 aliphatic heterocycles. The number of halogens is 1. The van der Waals surface area contributed by atoms with Gasteiger partial charge in [0.05, 0.1) is 6.04 Å². The van der Waals surface area contributed by atoms with Crippen molar-refractivity contribution in [2.24, 2.45) is 0 Å². The molecule has 0 saturated heterocycles. The summed E-state index contributed by atoms with van der Waals surface area (Å²) in [5.74, 6) is -1.03. The largest absolute Gasteiger partial charge is 0.480 e. The predicted molar refractivity (Wildman–Crippen MR) is 77.9 cm³/mol. The molecule has 20 heavy (non-hydrogen) atoms. The van der Waals surface area contributed by atoms with Crippen molar-refractivity contribution in [2.45, 2.75) is 32.4 Å². The molecule has 0 radical (unpaired) electrons. The minimum Gasteiger partial charge on any atom is -0.480 e. The summed E-state index contributed by atoms with van der Waals surface area (Å²) in [7, 11) is 1.63. The number of carboxylic acids is 1. The van der Waals surface area contributed by atoms with Gasteiger partial charge < -0.3 is 15.3 Å². The molecule has 0 spiro atoms. The van der Waals surface area contributed by atoms with Gasteiger partial charge in [0, 0.05) is 12.1 Å². The van der Waals surface area contributed by atoms with E-state index in [2.05, 4.69) is 5.32 Å². The van der Waals surface area contributed by atoms with Gasteiger partial charge in [-0.05, 0) is 31.0 Å². The molecule has 0 saturated carbocycles. The third kappa shape index (κ3) is 4.13. The molecule has 2 N–H and O–H groups in total. The van der Waals surface area contributed by atoms with E-state index in [-0.39, 0.29) is 6.04 Å². The zero-order valence-electron chi connectivity index (χ0n) is 11.8. The Kier molecular flexibility index (Phi) is 5.82. The lowest BCUT2D eigenvalue weighted by atomic mass is 10.1. The van der Waals surface area contributed by atoms with E-state index in [1.165, 1.54) is 4.90 Å². The Morgan fingerprint density at radius 1 is 1.35 bits per heavy atom. The van der Waals surface area contributed by atoms with Crippen LogP contribution in [0.2, 0.25) is 5.02 Å². The molecular weight excluding hydrogens is 280 g/mol. The highest BCUT2D eigenvalue weighted by Crippen LogP contribution is 2.20. The topological polar surface area (TPSA) is 69.6 Å². The van der Waals surface area contributed by atoms with E-state index in [0.717, 1.165) is 5.56 Å². The third-order valence-corrected chi connectivity index (χ3v) is 3.51. The summed E-state index contributed by atoms with van der Waals surface area (Å²) in [6.45, 7) is 3.58. The van der Waals surface area contributed by atoms with Gasteiger partial charge in [-0.1, -0.05) is 30.7 Å².